The molecule has 17 heavy (non-hydrogen) atoms. The predicted octanol–water partition coefficient (Wildman–Crippen LogP) is 2.74. The van der Waals surface area contributed by atoms with Crippen molar-refractivity contribution in [1.82, 2.24) is 5.32 Å². The van der Waals surface area contributed by atoms with Crippen molar-refractivity contribution in [2.24, 2.45) is 0 Å². The summed E-state index contributed by atoms with van der Waals surface area (Å²) in [7, 11) is 0. The molecule has 4 nitrogen and oxygen atoms in total. The first-order valence-corrected chi connectivity index (χ1v) is 5.05. The van der Waals surface area contributed by atoms with Crippen LogP contribution in [-0.2, 0) is 6.54 Å². The first-order valence-electron chi connectivity index (χ1n) is 5.05. The molecular weight excluding hydrogens is 223 g/mol. The Kier molecular flexibility index (Phi) is 3.40. The summed E-state index contributed by atoms with van der Waals surface area (Å²) in [5.74, 6) is -0.391. The predicted molar refractivity (Wildman–Crippen MR) is 61.0 cm³/mol. The molecule has 0 unspecified atom stereocenters. The Morgan fingerprint density at radius 3 is 2.94 bits per heavy atom. The molecule has 0 radical (unpaired) electrons. The van der Waals surface area contributed by atoms with Gasteiger partial charge in [-0.3, -0.25) is 0 Å². The fourth-order valence-corrected chi connectivity index (χ4v) is 1.32. The van der Waals surface area contributed by atoms with Crippen LogP contribution in [0.3, 0.4) is 0 Å². The van der Waals surface area contributed by atoms with Gasteiger partial charge in [0.2, 0.25) is 0 Å². The van der Waals surface area contributed by atoms with E-state index in [9.17, 15) is 9.18 Å². The van der Waals surface area contributed by atoms with Crippen molar-refractivity contribution < 1.29 is 13.6 Å². The maximum atomic E-state index is 12.8. The summed E-state index contributed by atoms with van der Waals surface area (Å²) in [6, 6.07) is 7.06. The monoisotopic (exact) mass is 234 g/mol. The number of hydrogen-bond donors (Lipinski definition) is 2. The maximum Gasteiger partial charge on any atom is 0.319 e. The van der Waals surface area contributed by atoms with Crippen molar-refractivity contribution in [3.8, 4) is 0 Å². The normalized spacial score (nSPS) is 9.94. The van der Waals surface area contributed by atoms with Crippen LogP contribution in [0.2, 0.25) is 0 Å². The zero-order valence-corrected chi connectivity index (χ0v) is 8.94. The number of hydrogen-bond acceptors (Lipinski definition) is 2. The lowest BCUT2D eigenvalue weighted by atomic mass is 10.3. The smallest absolute Gasteiger partial charge is 0.319 e. The van der Waals surface area contributed by atoms with Gasteiger partial charge >= 0.3 is 6.03 Å². The highest BCUT2D eigenvalue weighted by atomic mass is 19.1. The van der Waals surface area contributed by atoms with Crippen LogP contribution in [-0.4, -0.2) is 6.03 Å². The van der Waals surface area contributed by atoms with Gasteiger partial charge in [0.15, 0.2) is 0 Å². The second-order valence-electron chi connectivity index (χ2n) is 3.45. The topological polar surface area (TPSA) is 54.3 Å². The molecule has 0 saturated heterocycles. The molecule has 2 rings (SSSR count). The second-order valence-corrected chi connectivity index (χ2v) is 3.45. The lowest BCUT2D eigenvalue weighted by Gasteiger charge is -2.06. The fraction of sp³-hybridized carbons (Fsp3) is 0.0833. The summed E-state index contributed by atoms with van der Waals surface area (Å²) < 4.78 is 17.7. The van der Waals surface area contributed by atoms with E-state index in [-0.39, 0.29) is 0 Å². The molecule has 2 N–H and O–H groups in total. The molecule has 0 spiro atoms. The van der Waals surface area contributed by atoms with Gasteiger partial charge in [0.05, 0.1) is 12.5 Å². The van der Waals surface area contributed by atoms with Crippen molar-refractivity contribution in [2.45, 2.75) is 6.54 Å². The zero-order valence-electron chi connectivity index (χ0n) is 8.94. The average Bonchev–Trinajstić information content (AvgIpc) is 2.79. The second kappa shape index (κ2) is 5.16. The molecule has 88 valence electrons. The molecule has 1 aromatic carbocycles. The first-order chi connectivity index (χ1) is 8.24. The van der Waals surface area contributed by atoms with Crippen LogP contribution in [0.1, 0.15) is 5.56 Å². The van der Waals surface area contributed by atoms with Crippen molar-refractivity contribution in [1.29, 1.82) is 0 Å². The molecule has 0 saturated carbocycles. The minimum atomic E-state index is -0.392. The minimum Gasteiger partial charge on any atom is -0.472 e. The van der Waals surface area contributed by atoms with Crippen LogP contribution in [0, 0.1) is 5.82 Å². The van der Waals surface area contributed by atoms with E-state index >= 15 is 0 Å². The summed E-state index contributed by atoms with van der Waals surface area (Å²) in [6.45, 7) is 0.359. The highest BCUT2D eigenvalue weighted by molar-refractivity contribution is 5.89. The molecule has 0 aliphatic carbocycles. The number of halogens is 1. The van der Waals surface area contributed by atoms with Gasteiger partial charge in [0, 0.05) is 17.8 Å². The fourth-order valence-electron chi connectivity index (χ4n) is 1.32. The lowest BCUT2D eigenvalue weighted by molar-refractivity contribution is 0.251. The summed E-state index contributed by atoms with van der Waals surface area (Å²) in [5.41, 5.74) is 1.27. The minimum absolute atomic E-state index is 0.359. The molecule has 0 fully saturated rings. The molecule has 2 aromatic rings. The number of furan rings is 1. The SMILES string of the molecule is O=C(NCc1ccoc1)Nc1cccc(F)c1. The third-order valence-corrected chi connectivity index (χ3v) is 2.12. The standard InChI is InChI=1S/C12H11FN2O2/c13-10-2-1-3-11(6-10)15-12(16)14-7-9-4-5-17-8-9/h1-6,8H,7H2,(H2,14,15,16). The number of carbonyl (C=O) groups excluding carboxylic acids is 1. The third-order valence-electron chi connectivity index (χ3n) is 2.12. The quantitative estimate of drug-likeness (QED) is 0.857. The largest absolute Gasteiger partial charge is 0.472 e. The van der Waals surface area contributed by atoms with E-state index < -0.39 is 11.8 Å². The highest BCUT2D eigenvalue weighted by Crippen LogP contribution is 2.08. The number of urea groups is 1. The van der Waals surface area contributed by atoms with E-state index in [0.29, 0.717) is 12.2 Å². The summed E-state index contributed by atoms with van der Waals surface area (Å²) in [5, 5.41) is 5.15. The van der Waals surface area contributed by atoms with Gasteiger partial charge in [-0.15, -0.1) is 0 Å². The number of carbonyl (C=O) groups is 1. The molecule has 0 aliphatic heterocycles. The van der Waals surface area contributed by atoms with Gasteiger partial charge in [-0.1, -0.05) is 6.07 Å². The first kappa shape index (κ1) is 11.2. The third kappa shape index (κ3) is 3.34. The molecule has 2 amide bonds. The zero-order chi connectivity index (χ0) is 12.1. The Morgan fingerprint density at radius 2 is 2.24 bits per heavy atom. The molecular formula is C12H11FN2O2. The van der Waals surface area contributed by atoms with E-state index in [0.717, 1.165) is 5.56 Å². The van der Waals surface area contributed by atoms with Gasteiger partial charge in [0.1, 0.15) is 5.82 Å². The molecule has 1 aromatic heterocycles. The van der Waals surface area contributed by atoms with Gasteiger partial charge < -0.3 is 15.1 Å². The van der Waals surface area contributed by atoms with Crippen LogP contribution >= 0.6 is 0 Å². The van der Waals surface area contributed by atoms with E-state index in [1.54, 1.807) is 18.4 Å². The van der Waals surface area contributed by atoms with Gasteiger partial charge in [-0.2, -0.15) is 0 Å². The van der Waals surface area contributed by atoms with Crippen molar-refractivity contribution in [3.05, 3.63) is 54.2 Å². The van der Waals surface area contributed by atoms with E-state index in [1.165, 1.54) is 24.5 Å². The molecule has 5 heteroatoms. The summed E-state index contributed by atoms with van der Waals surface area (Å²) >= 11 is 0. The molecule has 1 heterocycles. The molecule has 0 bridgehead atoms. The van der Waals surface area contributed by atoms with E-state index in [4.69, 9.17) is 4.42 Å². The Labute approximate surface area is 97.4 Å². The van der Waals surface area contributed by atoms with Crippen molar-refractivity contribution >= 4 is 11.7 Å². The van der Waals surface area contributed by atoms with Crippen LogP contribution in [0.4, 0.5) is 14.9 Å². The van der Waals surface area contributed by atoms with Gasteiger partial charge in [-0.05, 0) is 24.3 Å². The maximum absolute atomic E-state index is 12.8. The van der Waals surface area contributed by atoms with Crippen LogP contribution in [0.25, 0.3) is 0 Å². The summed E-state index contributed by atoms with van der Waals surface area (Å²) in [4.78, 5) is 11.4. The van der Waals surface area contributed by atoms with Crippen LogP contribution < -0.4 is 10.6 Å². The number of benzene rings is 1. The van der Waals surface area contributed by atoms with Crippen molar-refractivity contribution in [3.63, 3.8) is 0 Å². The molecule has 0 aliphatic rings. The number of amides is 2. The Morgan fingerprint density at radius 1 is 1.35 bits per heavy atom. The molecule has 0 atom stereocenters. The number of nitrogens with one attached hydrogen (secondary N) is 2. The number of rotatable bonds is 3. The Hall–Kier alpha value is -2.30. The lowest BCUT2D eigenvalue weighted by Crippen LogP contribution is -2.27. The van der Waals surface area contributed by atoms with Crippen LogP contribution in [0.5, 0.6) is 0 Å². The van der Waals surface area contributed by atoms with Gasteiger partial charge in [0.25, 0.3) is 0 Å². The van der Waals surface area contributed by atoms with Crippen molar-refractivity contribution in [2.75, 3.05) is 5.32 Å². The van der Waals surface area contributed by atoms with Gasteiger partial charge in [-0.25, -0.2) is 9.18 Å². The Balaban J connectivity index is 1.85. The Bertz CT molecular complexity index is 497. The van der Waals surface area contributed by atoms with Crippen LogP contribution in [0.15, 0.2) is 47.3 Å². The highest BCUT2D eigenvalue weighted by Gasteiger charge is 2.02. The summed E-state index contributed by atoms with van der Waals surface area (Å²) in [6.07, 6.45) is 3.07. The average molecular weight is 234 g/mol. The number of anilines is 1. The van der Waals surface area contributed by atoms with E-state index in [2.05, 4.69) is 10.6 Å². The van der Waals surface area contributed by atoms with E-state index in [1.807, 2.05) is 0 Å².